The minimum Gasteiger partial charge on any atom is -0.481 e. The van der Waals surface area contributed by atoms with Gasteiger partial charge in [0, 0.05) is 36.7 Å². The van der Waals surface area contributed by atoms with Crippen LogP contribution in [0.4, 0.5) is 18.0 Å². The van der Waals surface area contributed by atoms with E-state index in [9.17, 15) is 22.8 Å². The van der Waals surface area contributed by atoms with Crippen molar-refractivity contribution in [2.75, 3.05) is 13.6 Å². The van der Waals surface area contributed by atoms with Gasteiger partial charge in [0.15, 0.2) is 11.6 Å². The number of likely N-dealkylation sites (N-methyl/N-ethyl adjacent to an activating group) is 1. The molecule has 10 heteroatoms. The summed E-state index contributed by atoms with van der Waals surface area (Å²) in [6, 6.07) is 0.412. The number of carboxylic acid groups (broad SMARTS) is 1. The van der Waals surface area contributed by atoms with Gasteiger partial charge in [-0.15, -0.1) is 0 Å². The van der Waals surface area contributed by atoms with Crippen molar-refractivity contribution in [3.8, 4) is 11.3 Å². The standard InChI is InChI=1S/C14H13F3N4O.C6H12O2/c1-20-3-2-12-8(6-20)13(19-21(12)14(18)22)7-4-10(16)11(17)5-9(7)15;1-6(2,3)4-5(7)8/h4-5H,2-3,6H2,1H3,(H2,18,22);4H2,1-3H3,(H,7,8). The molecule has 2 aromatic rings. The number of hydrogen-bond donors (Lipinski definition) is 2. The fourth-order valence-electron chi connectivity index (χ4n) is 3.11. The molecule has 0 atom stereocenters. The molecule has 2 heterocycles. The van der Waals surface area contributed by atoms with E-state index in [2.05, 4.69) is 5.10 Å². The minimum absolute atomic E-state index is 0.0775. The predicted octanol–water partition coefficient (Wildman–Crippen LogP) is 3.39. The highest BCUT2D eigenvalue weighted by Gasteiger charge is 2.27. The summed E-state index contributed by atoms with van der Waals surface area (Å²) >= 11 is 0. The summed E-state index contributed by atoms with van der Waals surface area (Å²) in [5, 5.41) is 12.3. The van der Waals surface area contributed by atoms with Gasteiger partial charge in [0.2, 0.25) is 0 Å². The van der Waals surface area contributed by atoms with Crippen molar-refractivity contribution < 1.29 is 27.9 Å². The molecule has 30 heavy (non-hydrogen) atoms. The van der Waals surface area contributed by atoms with E-state index in [-0.39, 0.29) is 23.1 Å². The van der Waals surface area contributed by atoms with Gasteiger partial charge in [-0.3, -0.25) is 4.79 Å². The van der Waals surface area contributed by atoms with Crippen molar-refractivity contribution in [3.63, 3.8) is 0 Å². The van der Waals surface area contributed by atoms with Gasteiger partial charge in [-0.05, 0) is 18.5 Å². The Kier molecular flexibility index (Phi) is 6.91. The lowest BCUT2D eigenvalue weighted by molar-refractivity contribution is -0.139. The fourth-order valence-corrected chi connectivity index (χ4v) is 3.11. The number of carbonyl (C=O) groups is 2. The smallest absolute Gasteiger partial charge is 0.339 e. The van der Waals surface area contributed by atoms with Crippen molar-refractivity contribution in [2.45, 2.75) is 40.2 Å². The van der Waals surface area contributed by atoms with Crippen molar-refractivity contribution in [2.24, 2.45) is 11.1 Å². The molecule has 3 N–H and O–H groups in total. The van der Waals surface area contributed by atoms with Gasteiger partial charge in [-0.1, -0.05) is 20.8 Å². The summed E-state index contributed by atoms with van der Waals surface area (Å²) in [5.74, 6) is -4.12. The van der Waals surface area contributed by atoms with E-state index in [1.54, 1.807) is 0 Å². The first-order valence-corrected chi connectivity index (χ1v) is 9.26. The maximum atomic E-state index is 14.0. The number of carbonyl (C=O) groups excluding carboxylic acids is 1. The molecule has 1 amide bonds. The van der Waals surface area contributed by atoms with Crippen LogP contribution in [-0.4, -0.2) is 45.4 Å². The van der Waals surface area contributed by atoms with Gasteiger partial charge in [0.05, 0.1) is 12.1 Å². The first-order chi connectivity index (χ1) is 13.8. The number of nitrogens with zero attached hydrogens (tertiary/aromatic N) is 3. The minimum atomic E-state index is -1.28. The molecule has 0 radical (unpaired) electrons. The number of benzene rings is 1. The number of primary amides is 1. The number of rotatable bonds is 2. The van der Waals surface area contributed by atoms with Crippen molar-refractivity contribution in [1.29, 1.82) is 0 Å². The molecular weight excluding hydrogens is 401 g/mol. The highest BCUT2D eigenvalue weighted by molar-refractivity contribution is 5.77. The number of hydrogen-bond acceptors (Lipinski definition) is 4. The summed E-state index contributed by atoms with van der Waals surface area (Å²) in [7, 11) is 1.86. The quantitative estimate of drug-likeness (QED) is 0.717. The second kappa shape index (κ2) is 8.86. The predicted molar refractivity (Wildman–Crippen MR) is 104 cm³/mol. The molecule has 0 saturated carbocycles. The summed E-state index contributed by atoms with van der Waals surface area (Å²) in [5.41, 5.74) is 6.29. The lowest BCUT2D eigenvalue weighted by atomic mass is 9.93. The van der Waals surface area contributed by atoms with Crippen LogP contribution < -0.4 is 5.73 Å². The Bertz CT molecular complexity index is 967. The second-order valence-corrected chi connectivity index (χ2v) is 8.39. The Morgan fingerprint density at radius 1 is 1.17 bits per heavy atom. The summed E-state index contributed by atoms with van der Waals surface area (Å²) in [6.07, 6.45) is 0.750. The molecule has 0 bridgehead atoms. The normalized spacial score (nSPS) is 14.0. The highest BCUT2D eigenvalue weighted by atomic mass is 19.2. The first-order valence-electron chi connectivity index (χ1n) is 9.26. The summed E-state index contributed by atoms with van der Waals surface area (Å²) < 4.78 is 41.5. The SMILES string of the molecule is CC(C)(C)CC(=O)O.CN1CCc2c(c(-c3cc(F)c(F)cc3F)nn2C(N)=O)C1. The Labute approximate surface area is 172 Å². The number of carboxylic acids is 1. The van der Waals surface area contributed by atoms with Gasteiger partial charge >= 0.3 is 12.0 Å². The maximum absolute atomic E-state index is 14.0. The van der Waals surface area contributed by atoms with Gasteiger partial charge < -0.3 is 15.7 Å². The van der Waals surface area contributed by atoms with E-state index < -0.39 is 29.5 Å². The molecule has 0 unspecified atom stereocenters. The van der Waals surface area contributed by atoms with Gasteiger partial charge in [0.1, 0.15) is 11.5 Å². The molecule has 7 nitrogen and oxygen atoms in total. The molecule has 1 aromatic carbocycles. The number of aliphatic carboxylic acids is 1. The van der Waals surface area contributed by atoms with Gasteiger partial charge in [0.25, 0.3) is 0 Å². The lowest BCUT2D eigenvalue weighted by Gasteiger charge is -2.23. The molecule has 1 aliphatic heterocycles. The van der Waals surface area contributed by atoms with Crippen molar-refractivity contribution in [1.82, 2.24) is 14.7 Å². The van der Waals surface area contributed by atoms with Crippen molar-refractivity contribution >= 4 is 12.0 Å². The molecular formula is C20H25F3N4O3. The van der Waals surface area contributed by atoms with E-state index >= 15 is 0 Å². The van der Waals surface area contributed by atoms with Crippen LogP contribution in [0.2, 0.25) is 0 Å². The number of amides is 1. The Morgan fingerprint density at radius 2 is 1.77 bits per heavy atom. The van der Waals surface area contributed by atoms with Gasteiger partial charge in [-0.2, -0.15) is 9.78 Å². The van der Waals surface area contributed by atoms with E-state index in [4.69, 9.17) is 10.8 Å². The maximum Gasteiger partial charge on any atom is 0.339 e. The molecule has 0 fully saturated rings. The first kappa shape index (κ1) is 23.4. The zero-order valence-corrected chi connectivity index (χ0v) is 17.3. The third-order valence-electron chi connectivity index (χ3n) is 4.40. The van der Waals surface area contributed by atoms with E-state index in [1.807, 2.05) is 32.7 Å². The average Bonchev–Trinajstić information content (AvgIpc) is 2.95. The largest absolute Gasteiger partial charge is 0.481 e. The molecule has 164 valence electrons. The zero-order chi connectivity index (χ0) is 22.8. The van der Waals surface area contributed by atoms with E-state index in [0.29, 0.717) is 36.8 Å². The molecule has 1 aliphatic rings. The number of halogens is 3. The highest BCUT2D eigenvalue weighted by Crippen LogP contribution is 2.32. The lowest BCUT2D eigenvalue weighted by Crippen LogP contribution is -2.30. The van der Waals surface area contributed by atoms with Crippen LogP contribution in [0.1, 0.15) is 38.4 Å². The fraction of sp³-hybridized carbons (Fsp3) is 0.450. The topological polar surface area (TPSA) is 101 Å². The van der Waals surface area contributed by atoms with E-state index in [1.165, 1.54) is 0 Å². The van der Waals surface area contributed by atoms with Gasteiger partial charge in [-0.25, -0.2) is 18.0 Å². The van der Waals surface area contributed by atoms with Crippen LogP contribution in [0.15, 0.2) is 12.1 Å². The zero-order valence-electron chi connectivity index (χ0n) is 17.3. The molecule has 1 aromatic heterocycles. The van der Waals surface area contributed by atoms with Crippen LogP contribution in [0.5, 0.6) is 0 Å². The molecule has 0 spiro atoms. The van der Waals surface area contributed by atoms with Crippen LogP contribution >= 0.6 is 0 Å². The average molecular weight is 426 g/mol. The Hall–Kier alpha value is -2.88. The van der Waals surface area contributed by atoms with Crippen LogP contribution in [0, 0.1) is 22.9 Å². The third kappa shape index (κ3) is 5.59. The summed E-state index contributed by atoms with van der Waals surface area (Å²) in [4.78, 5) is 23.5. The van der Waals surface area contributed by atoms with E-state index in [0.717, 1.165) is 10.7 Å². The monoisotopic (exact) mass is 426 g/mol. The number of fused-ring (bicyclic) bond motifs is 1. The van der Waals surface area contributed by atoms with Crippen molar-refractivity contribution in [3.05, 3.63) is 40.8 Å². The molecule has 0 saturated heterocycles. The van der Waals surface area contributed by atoms with Crippen LogP contribution in [-0.2, 0) is 17.8 Å². The van der Waals surface area contributed by atoms with Crippen LogP contribution in [0.25, 0.3) is 11.3 Å². The Balaban J connectivity index is 0.000000343. The second-order valence-electron chi connectivity index (χ2n) is 8.39. The van der Waals surface area contributed by atoms with Crippen LogP contribution in [0.3, 0.4) is 0 Å². The molecule has 3 rings (SSSR count). The summed E-state index contributed by atoms with van der Waals surface area (Å²) in [6.45, 7) is 6.81. The number of nitrogens with two attached hydrogens (primary N) is 1. The number of aromatic nitrogens is 2. The third-order valence-corrected chi connectivity index (χ3v) is 4.40. The Morgan fingerprint density at radius 3 is 2.27 bits per heavy atom. The molecule has 0 aliphatic carbocycles.